The zero-order chi connectivity index (χ0) is 57.7. The fourth-order valence-corrected chi connectivity index (χ4v) is 8.53. The van der Waals surface area contributed by atoms with Crippen LogP contribution < -0.4 is 122 Å². The van der Waals surface area contributed by atoms with Crippen molar-refractivity contribution in [1.29, 1.82) is 0 Å². The third-order valence-electron chi connectivity index (χ3n) is 12.9. The van der Waals surface area contributed by atoms with Gasteiger partial charge in [0.15, 0.2) is 0 Å². The van der Waals surface area contributed by atoms with Crippen LogP contribution in [0.2, 0.25) is 0 Å². The topological polar surface area (TPSA) is 133 Å². The maximum absolute atomic E-state index is 9.57. The van der Waals surface area contributed by atoms with Gasteiger partial charge >= 0.3 is 103 Å². The van der Waals surface area contributed by atoms with E-state index in [1.54, 1.807) is 13.0 Å². The molecule has 2 aliphatic rings. The van der Waals surface area contributed by atoms with Crippen molar-refractivity contribution in [2.45, 2.75) is 105 Å². The molecule has 0 saturated carbocycles. The van der Waals surface area contributed by atoms with Crippen LogP contribution >= 0.6 is 0 Å². The first kappa shape index (κ1) is 75.6. The number of benzene rings is 8. The van der Waals surface area contributed by atoms with E-state index in [2.05, 4.69) is 165 Å². The first-order chi connectivity index (χ1) is 39.5. The number of carbonyl (C=O) groups is 1. The number of ether oxygens (including phenoxy) is 4. The predicted octanol–water partition coefficient (Wildman–Crippen LogP) is 8.46. The van der Waals surface area contributed by atoms with E-state index in [4.69, 9.17) is 29.0 Å². The smallest absolute Gasteiger partial charge is 1.00 e. The van der Waals surface area contributed by atoms with Gasteiger partial charge < -0.3 is 40.7 Å². The van der Waals surface area contributed by atoms with E-state index < -0.39 is 6.10 Å². The van der Waals surface area contributed by atoms with Crippen LogP contribution in [0.4, 0.5) is 0 Å². The fourth-order valence-electron chi connectivity index (χ4n) is 8.53. The van der Waals surface area contributed by atoms with Crippen LogP contribution in [0.1, 0.15) is 107 Å². The molecule has 84 heavy (non-hydrogen) atoms. The first-order valence-electron chi connectivity index (χ1n) is 28.3. The van der Waals surface area contributed by atoms with Gasteiger partial charge in [0, 0.05) is 31.7 Å². The quantitative estimate of drug-likeness (QED) is 0.0267. The van der Waals surface area contributed by atoms with Gasteiger partial charge in [0.2, 0.25) is 0 Å². The molecule has 0 unspecified atom stereocenters. The molecule has 2 saturated heterocycles. The number of phenolic OH excluding ortho intramolecular Hbond substituents is 1. The van der Waals surface area contributed by atoms with Gasteiger partial charge in [0.25, 0.3) is 6.47 Å². The second kappa shape index (κ2) is 45.8. The van der Waals surface area contributed by atoms with E-state index in [1.165, 1.54) is 65.7 Å². The summed E-state index contributed by atoms with van der Waals surface area (Å²) in [5, 5.41) is 27.3. The Balaban J connectivity index is 0.000000539. The number of aliphatic hydroxyl groups is 1. The molecule has 2 N–H and O–H groups in total. The summed E-state index contributed by atoms with van der Waals surface area (Å²) >= 11 is 0. The molecule has 8 aromatic rings. The average Bonchev–Trinajstić information content (AvgIpc) is 4.38. The molecule has 10 rings (SSSR count). The molecule has 2 fully saturated rings. The van der Waals surface area contributed by atoms with Gasteiger partial charge in [-0.2, -0.15) is 0 Å². The monoisotopic (exact) mass is 1190 g/mol. The van der Waals surface area contributed by atoms with Crippen LogP contribution in [0.3, 0.4) is 0 Å². The van der Waals surface area contributed by atoms with Gasteiger partial charge in [0.1, 0.15) is 36.2 Å². The molecule has 0 aromatic heterocycles. The number of hydrogen-bond acceptors (Lipinski definition) is 10. The third-order valence-corrected chi connectivity index (χ3v) is 12.9. The number of piperidine rings is 1. The first-order valence-corrected chi connectivity index (χ1v) is 28.3. The van der Waals surface area contributed by atoms with E-state index in [9.17, 15) is 10.2 Å². The number of phenols is 1. The molecule has 438 valence electrons. The Kier molecular flexibility index (Phi) is 41.2. The zero-order valence-corrected chi connectivity index (χ0v) is 56.3. The molecule has 3 atom stereocenters. The molecule has 0 spiro atoms. The van der Waals surface area contributed by atoms with Crippen molar-refractivity contribution in [2.75, 3.05) is 39.5 Å². The summed E-state index contributed by atoms with van der Waals surface area (Å²) in [7, 11) is 0. The number of hydrogen-bond donors (Lipinski definition) is 2. The summed E-state index contributed by atoms with van der Waals surface area (Å²) < 4.78 is 22.4. The number of rotatable bonds is 19. The Morgan fingerprint density at radius 1 is 0.512 bits per heavy atom. The van der Waals surface area contributed by atoms with Crippen molar-refractivity contribution >= 4 is 6.47 Å². The second-order valence-corrected chi connectivity index (χ2v) is 20.6. The Morgan fingerprint density at radius 2 is 0.810 bits per heavy atom. The normalized spacial score (nSPS) is 13.3. The number of nitrogens with zero attached hydrogens (tertiary/aromatic N) is 1. The number of aliphatic hydroxyl groups excluding tert-OH is 1. The minimum Gasteiger partial charge on any atom is -1.00 e. The van der Waals surface area contributed by atoms with Gasteiger partial charge in [-0.1, -0.05) is 222 Å². The van der Waals surface area contributed by atoms with Gasteiger partial charge in [0.05, 0.1) is 25.4 Å². The van der Waals surface area contributed by atoms with E-state index in [-0.39, 0.29) is 118 Å². The molecule has 2 heterocycles. The molecular formula is C72H89K2NO9. The van der Waals surface area contributed by atoms with Crippen LogP contribution in [0.25, 0.3) is 0 Å². The van der Waals surface area contributed by atoms with Crippen LogP contribution in [0.15, 0.2) is 218 Å². The van der Waals surface area contributed by atoms with Crippen molar-refractivity contribution in [3.63, 3.8) is 0 Å². The molecular weight excluding hydrogens is 1100 g/mol. The van der Waals surface area contributed by atoms with Crippen molar-refractivity contribution in [1.82, 2.24) is 4.90 Å². The number of aromatic hydroxyl groups is 1. The van der Waals surface area contributed by atoms with Crippen molar-refractivity contribution in [2.24, 2.45) is 5.92 Å². The largest absolute Gasteiger partial charge is 1.00 e. The summed E-state index contributed by atoms with van der Waals surface area (Å²) in [6.45, 7) is 15.5. The zero-order valence-electron chi connectivity index (χ0n) is 51.1. The summed E-state index contributed by atoms with van der Waals surface area (Å²) in [6.07, 6.45) is 7.65. The molecule has 2 aliphatic heterocycles. The summed E-state index contributed by atoms with van der Waals surface area (Å²) in [5.74, 6) is 3.81. The van der Waals surface area contributed by atoms with Gasteiger partial charge in [-0.3, -0.25) is 9.69 Å². The maximum Gasteiger partial charge on any atom is 1.00 e. The summed E-state index contributed by atoms with van der Waals surface area (Å²) in [6, 6.07) is 74.2. The second-order valence-electron chi connectivity index (χ2n) is 20.6. The molecule has 0 aliphatic carbocycles. The van der Waals surface area contributed by atoms with Gasteiger partial charge in [-0.25, -0.2) is 0 Å². The van der Waals surface area contributed by atoms with Gasteiger partial charge in [-0.15, -0.1) is 0 Å². The SMILES string of the molecule is C.CC(C)COc1ccccc1Cc1ccccc1.C[C@H](COc1ccccc1Cc1ccccc1)N1CCCCC1.C[C@H](O)COc1ccccc1Cc1ccccc1.C[C@H]1CO1.O=CO[O-].Oc1ccccc1Cc1ccccc1.[H-].[K+].[K+]. The minimum absolute atomic E-state index is 0. The van der Waals surface area contributed by atoms with E-state index in [1.807, 2.05) is 84.9 Å². The van der Waals surface area contributed by atoms with E-state index >= 15 is 0 Å². The van der Waals surface area contributed by atoms with Crippen LogP contribution in [0, 0.1) is 5.92 Å². The number of likely N-dealkylation sites (tertiary alicyclic amines) is 1. The number of carbonyl (C=O) groups excluding carboxylic acids is 1. The predicted molar refractivity (Wildman–Crippen MR) is 333 cm³/mol. The van der Waals surface area contributed by atoms with Crippen molar-refractivity contribution in [3.05, 3.63) is 263 Å². The van der Waals surface area contributed by atoms with E-state index in [0.29, 0.717) is 30.4 Å². The number of para-hydroxylation sites is 4. The van der Waals surface area contributed by atoms with Crippen molar-refractivity contribution in [3.8, 4) is 23.0 Å². The minimum atomic E-state index is -0.449. The molecule has 12 heteroatoms. The molecule has 0 radical (unpaired) electrons. The standard InChI is InChI=1S/C21H27NO.C17H20O.C16H18O2.C13H12O.C3H6O.CH2O3.CH4.2K.H/c1-18(22-14-8-3-9-15-22)17-23-21-13-7-6-12-20(21)16-19-10-4-2-5-11-19;1-14(2)13-18-17-11-7-6-10-16(17)12-15-8-4-3-5-9-15;1-13(17)12-18-16-10-6-5-9-15(16)11-14-7-3-2-4-8-14;14-13-9-5-4-8-12(13)10-11-6-2-1-3-7-11;1-3-2-4-3;2-1-4-3;;;;/h2,4-7,10-13,18H,3,8-9,14-17H2,1H3;3-11,14H,12-13H2,1-2H3;2-10,13,17H,11-12H2,1H3;1-9,14H,10H2;3H,2H2,1H3;1,3H;1H4;;;/q;;;;;;;2*+1;-1/p-1/t18-;;13-;;3-;;;;;/m1.0.0...../s1. The van der Waals surface area contributed by atoms with Gasteiger partial charge in [-0.05, 0) is 121 Å². The summed E-state index contributed by atoms with van der Waals surface area (Å²) in [5.41, 5.74) is 9.75. The number of epoxide rings is 1. The molecule has 0 bridgehead atoms. The molecule has 8 aromatic carbocycles. The van der Waals surface area contributed by atoms with Crippen molar-refractivity contribution < 1.29 is 148 Å². The molecule has 0 amide bonds. The van der Waals surface area contributed by atoms with Crippen LogP contribution in [0.5, 0.6) is 23.0 Å². The van der Waals surface area contributed by atoms with Crippen LogP contribution in [-0.2, 0) is 40.1 Å². The van der Waals surface area contributed by atoms with E-state index in [0.717, 1.165) is 73.9 Å². The Bertz CT molecular complexity index is 2800. The Hall–Kier alpha value is -4.46. The maximum atomic E-state index is 9.57. The summed E-state index contributed by atoms with van der Waals surface area (Å²) in [4.78, 5) is 13.8. The third kappa shape index (κ3) is 32.3. The van der Waals surface area contributed by atoms with Crippen LogP contribution in [-0.4, -0.2) is 79.4 Å². The fraction of sp³-hybridized carbons (Fsp3) is 0.319. The molecule has 10 nitrogen and oxygen atoms in total. The Morgan fingerprint density at radius 3 is 1.13 bits per heavy atom. The Labute approximate surface area is 589 Å². The average molecular weight is 1190 g/mol.